The van der Waals surface area contributed by atoms with E-state index in [4.69, 9.17) is 0 Å². The number of hydrogen-bond acceptors (Lipinski definition) is 5. The summed E-state index contributed by atoms with van der Waals surface area (Å²) in [6.07, 6.45) is 5.69. The first-order valence-electron chi connectivity index (χ1n) is 5.42. The monoisotopic (exact) mass is 237 g/mol. The molecule has 2 aromatic rings. The van der Waals surface area contributed by atoms with Gasteiger partial charge >= 0.3 is 0 Å². The number of nitrogens with one attached hydrogen (secondary N) is 1. The summed E-state index contributed by atoms with van der Waals surface area (Å²) in [7, 11) is 0. The minimum atomic E-state index is 0.894. The molecule has 0 fully saturated rings. The highest BCUT2D eigenvalue weighted by Crippen LogP contribution is 2.10. The van der Waals surface area contributed by atoms with Crippen LogP contribution in [0.15, 0.2) is 18.5 Å². The van der Waals surface area contributed by atoms with E-state index in [9.17, 15) is 0 Å². The molecule has 6 heteroatoms. The quantitative estimate of drug-likeness (QED) is 0.778. The van der Waals surface area contributed by atoms with Crippen LogP contribution in [0.4, 0.5) is 5.13 Å². The smallest absolute Gasteiger partial charge is 0.202 e. The van der Waals surface area contributed by atoms with E-state index >= 15 is 0 Å². The summed E-state index contributed by atoms with van der Waals surface area (Å²) in [4.78, 5) is 4.34. The Kier molecular flexibility index (Phi) is 3.87. The van der Waals surface area contributed by atoms with Gasteiger partial charge < -0.3 is 5.32 Å². The maximum atomic E-state index is 4.34. The zero-order valence-electron chi connectivity index (χ0n) is 9.26. The Labute approximate surface area is 98.7 Å². The van der Waals surface area contributed by atoms with Crippen LogP contribution in [0.2, 0.25) is 0 Å². The van der Waals surface area contributed by atoms with E-state index in [1.54, 1.807) is 6.20 Å². The molecule has 0 radical (unpaired) electrons. The predicted molar refractivity (Wildman–Crippen MR) is 64.6 cm³/mol. The molecule has 16 heavy (non-hydrogen) atoms. The Morgan fingerprint density at radius 3 is 3.12 bits per heavy atom. The van der Waals surface area contributed by atoms with Gasteiger partial charge in [-0.1, -0.05) is 6.92 Å². The minimum absolute atomic E-state index is 0.894. The van der Waals surface area contributed by atoms with Gasteiger partial charge in [0.2, 0.25) is 5.13 Å². The molecule has 0 bridgehead atoms. The summed E-state index contributed by atoms with van der Waals surface area (Å²) in [6.45, 7) is 3.89. The van der Waals surface area contributed by atoms with E-state index in [1.807, 2.05) is 16.9 Å². The molecule has 0 aliphatic carbocycles. The standard InChI is InChI=1S/C10H15N5S/c1-2-9-13-10(16-14-9)11-5-3-7-15-8-4-6-12-15/h4,6,8H,2-3,5,7H2,1H3,(H,11,13,14). The Morgan fingerprint density at radius 1 is 1.50 bits per heavy atom. The van der Waals surface area contributed by atoms with Crippen molar-refractivity contribution >= 4 is 16.7 Å². The van der Waals surface area contributed by atoms with Gasteiger partial charge in [-0.2, -0.15) is 9.47 Å². The lowest BCUT2D eigenvalue weighted by molar-refractivity contribution is 0.591. The molecule has 0 unspecified atom stereocenters. The third-order valence-corrected chi connectivity index (χ3v) is 2.89. The van der Waals surface area contributed by atoms with Crippen molar-refractivity contribution < 1.29 is 0 Å². The van der Waals surface area contributed by atoms with Crippen LogP contribution in [-0.2, 0) is 13.0 Å². The van der Waals surface area contributed by atoms with Gasteiger partial charge in [-0.3, -0.25) is 4.68 Å². The van der Waals surface area contributed by atoms with Crippen molar-refractivity contribution in [2.75, 3.05) is 11.9 Å². The van der Waals surface area contributed by atoms with Gasteiger partial charge in [-0.05, 0) is 12.5 Å². The first kappa shape index (κ1) is 11.1. The molecule has 0 spiro atoms. The average molecular weight is 237 g/mol. The summed E-state index contributed by atoms with van der Waals surface area (Å²) < 4.78 is 6.14. The van der Waals surface area contributed by atoms with Crippen molar-refractivity contribution in [3.8, 4) is 0 Å². The van der Waals surface area contributed by atoms with Gasteiger partial charge in [0, 0.05) is 43.4 Å². The summed E-state index contributed by atoms with van der Waals surface area (Å²) in [5.74, 6) is 0.916. The summed E-state index contributed by atoms with van der Waals surface area (Å²) >= 11 is 1.43. The van der Waals surface area contributed by atoms with Crippen LogP contribution in [0.3, 0.4) is 0 Å². The number of anilines is 1. The minimum Gasteiger partial charge on any atom is -0.360 e. The van der Waals surface area contributed by atoms with E-state index in [2.05, 4.69) is 26.7 Å². The second kappa shape index (κ2) is 5.60. The normalized spacial score (nSPS) is 10.6. The van der Waals surface area contributed by atoms with Crippen molar-refractivity contribution in [3.63, 3.8) is 0 Å². The van der Waals surface area contributed by atoms with Crippen LogP contribution in [0, 0.1) is 0 Å². The van der Waals surface area contributed by atoms with E-state index in [1.165, 1.54) is 11.5 Å². The first-order valence-corrected chi connectivity index (χ1v) is 6.19. The number of aryl methyl sites for hydroxylation is 2. The fourth-order valence-corrected chi connectivity index (χ4v) is 2.01. The molecule has 0 atom stereocenters. The molecule has 0 saturated carbocycles. The van der Waals surface area contributed by atoms with Crippen LogP contribution in [-0.4, -0.2) is 25.7 Å². The third kappa shape index (κ3) is 3.03. The van der Waals surface area contributed by atoms with Crippen molar-refractivity contribution in [1.82, 2.24) is 19.1 Å². The molecule has 1 N–H and O–H groups in total. The predicted octanol–water partition coefficient (Wildman–Crippen LogP) is 1.80. The van der Waals surface area contributed by atoms with Crippen LogP contribution in [0.25, 0.3) is 0 Å². The first-order chi connectivity index (χ1) is 7.88. The number of rotatable bonds is 6. The van der Waals surface area contributed by atoms with Crippen LogP contribution in [0.5, 0.6) is 0 Å². The lowest BCUT2D eigenvalue weighted by atomic mass is 10.4. The summed E-state index contributed by atoms with van der Waals surface area (Å²) in [5, 5.41) is 8.32. The van der Waals surface area contributed by atoms with Crippen molar-refractivity contribution in [2.45, 2.75) is 26.3 Å². The molecule has 0 aliphatic rings. The Morgan fingerprint density at radius 2 is 2.44 bits per heavy atom. The second-order valence-electron chi connectivity index (χ2n) is 3.42. The molecule has 2 rings (SSSR count). The molecule has 0 aliphatic heterocycles. The van der Waals surface area contributed by atoms with E-state index in [0.29, 0.717) is 0 Å². The fourth-order valence-electron chi connectivity index (χ4n) is 1.34. The van der Waals surface area contributed by atoms with Gasteiger partial charge in [-0.25, -0.2) is 4.98 Å². The Bertz CT molecular complexity index is 409. The lowest BCUT2D eigenvalue weighted by Crippen LogP contribution is -2.06. The van der Waals surface area contributed by atoms with Crippen molar-refractivity contribution in [2.24, 2.45) is 0 Å². The van der Waals surface area contributed by atoms with Crippen LogP contribution < -0.4 is 5.32 Å². The van der Waals surface area contributed by atoms with Gasteiger partial charge in [0.15, 0.2) is 0 Å². The Balaban J connectivity index is 1.68. The highest BCUT2D eigenvalue weighted by molar-refractivity contribution is 7.09. The molecule has 2 heterocycles. The van der Waals surface area contributed by atoms with Crippen LogP contribution >= 0.6 is 11.5 Å². The highest BCUT2D eigenvalue weighted by Gasteiger charge is 2.00. The number of aromatic nitrogens is 4. The summed E-state index contributed by atoms with van der Waals surface area (Å²) in [6, 6.07) is 1.94. The number of nitrogens with zero attached hydrogens (tertiary/aromatic N) is 4. The van der Waals surface area contributed by atoms with Gasteiger partial charge in [-0.15, -0.1) is 0 Å². The van der Waals surface area contributed by atoms with E-state index in [-0.39, 0.29) is 0 Å². The van der Waals surface area contributed by atoms with E-state index < -0.39 is 0 Å². The molecule has 0 amide bonds. The van der Waals surface area contributed by atoms with Crippen LogP contribution in [0.1, 0.15) is 19.2 Å². The highest BCUT2D eigenvalue weighted by atomic mass is 32.1. The zero-order chi connectivity index (χ0) is 11.2. The van der Waals surface area contributed by atoms with Crippen molar-refractivity contribution in [1.29, 1.82) is 0 Å². The Hall–Kier alpha value is -1.43. The molecule has 0 aromatic carbocycles. The molecule has 0 saturated heterocycles. The second-order valence-corrected chi connectivity index (χ2v) is 4.17. The van der Waals surface area contributed by atoms with Gasteiger partial charge in [0.25, 0.3) is 0 Å². The summed E-state index contributed by atoms with van der Waals surface area (Å²) in [5.41, 5.74) is 0. The van der Waals surface area contributed by atoms with E-state index in [0.717, 1.165) is 36.9 Å². The lowest BCUT2D eigenvalue weighted by Gasteiger charge is -2.02. The number of hydrogen-bond donors (Lipinski definition) is 1. The maximum absolute atomic E-state index is 4.34. The topological polar surface area (TPSA) is 55.6 Å². The maximum Gasteiger partial charge on any atom is 0.202 e. The molecule has 86 valence electrons. The average Bonchev–Trinajstić information content (AvgIpc) is 2.95. The zero-order valence-corrected chi connectivity index (χ0v) is 10.1. The van der Waals surface area contributed by atoms with Gasteiger partial charge in [0.1, 0.15) is 5.82 Å². The van der Waals surface area contributed by atoms with Gasteiger partial charge in [0.05, 0.1) is 0 Å². The molecular formula is C10H15N5S. The third-order valence-electron chi connectivity index (χ3n) is 2.18. The fraction of sp³-hybridized carbons (Fsp3) is 0.500. The SMILES string of the molecule is CCc1nsc(NCCCn2cccn2)n1. The molecular weight excluding hydrogens is 222 g/mol. The molecule has 5 nitrogen and oxygen atoms in total. The largest absolute Gasteiger partial charge is 0.360 e. The molecule has 2 aromatic heterocycles. The van der Waals surface area contributed by atoms with Crippen molar-refractivity contribution in [3.05, 3.63) is 24.3 Å².